The topological polar surface area (TPSA) is 16.1 Å². The van der Waals surface area contributed by atoms with Crippen LogP contribution in [-0.2, 0) is 12.3 Å². The zero-order chi connectivity index (χ0) is 13.4. The third kappa shape index (κ3) is 2.10. The minimum atomic E-state index is 0.450. The van der Waals surface area contributed by atoms with Gasteiger partial charge >= 0.3 is 0 Å². The average molecular weight is 273 g/mol. The molecule has 0 saturated carbocycles. The second kappa shape index (κ2) is 4.86. The van der Waals surface area contributed by atoms with E-state index in [4.69, 9.17) is 16.6 Å². The van der Waals surface area contributed by atoms with E-state index in [-0.39, 0.29) is 0 Å². The van der Waals surface area contributed by atoms with Gasteiger partial charge in [-0.05, 0) is 43.5 Å². The number of rotatable bonds is 2. The zero-order valence-electron chi connectivity index (χ0n) is 11.2. The molecule has 1 aromatic carbocycles. The fourth-order valence-corrected chi connectivity index (χ4v) is 3.05. The maximum absolute atomic E-state index is 5.90. The van der Waals surface area contributed by atoms with Crippen LogP contribution in [0.25, 0.3) is 0 Å². The maximum Gasteiger partial charge on any atom is 0.133 e. The van der Waals surface area contributed by atoms with Crippen LogP contribution in [0.2, 0.25) is 0 Å². The van der Waals surface area contributed by atoms with Gasteiger partial charge in [-0.15, -0.1) is 11.6 Å². The van der Waals surface area contributed by atoms with E-state index < -0.39 is 0 Å². The van der Waals surface area contributed by atoms with E-state index in [1.54, 1.807) is 0 Å². The first-order valence-electron chi connectivity index (χ1n) is 6.60. The summed E-state index contributed by atoms with van der Waals surface area (Å²) in [4.78, 5) is 7.04. The van der Waals surface area contributed by atoms with E-state index >= 15 is 0 Å². The van der Waals surface area contributed by atoms with Crippen LogP contribution in [0.4, 0.5) is 11.5 Å². The van der Waals surface area contributed by atoms with Crippen LogP contribution in [0.5, 0.6) is 0 Å². The highest BCUT2D eigenvalue weighted by molar-refractivity contribution is 6.17. The molecule has 1 aliphatic rings. The summed E-state index contributed by atoms with van der Waals surface area (Å²) < 4.78 is 0. The first kappa shape index (κ1) is 12.5. The molecule has 3 rings (SSSR count). The molecule has 0 fully saturated rings. The quantitative estimate of drug-likeness (QED) is 0.761. The van der Waals surface area contributed by atoms with Gasteiger partial charge in [-0.1, -0.05) is 24.3 Å². The minimum absolute atomic E-state index is 0.450. The zero-order valence-corrected chi connectivity index (χ0v) is 12.0. The fourth-order valence-electron chi connectivity index (χ4n) is 2.77. The molecule has 0 bridgehead atoms. The normalized spacial score (nSPS) is 17.6. The number of hydrogen-bond donors (Lipinski definition) is 0. The Morgan fingerprint density at radius 2 is 2.05 bits per heavy atom. The lowest BCUT2D eigenvalue weighted by Crippen LogP contribution is -2.25. The van der Waals surface area contributed by atoms with Gasteiger partial charge in [0, 0.05) is 23.3 Å². The van der Waals surface area contributed by atoms with Crippen LogP contribution in [0.3, 0.4) is 0 Å². The van der Waals surface area contributed by atoms with E-state index in [0.29, 0.717) is 11.9 Å². The number of hydrogen-bond acceptors (Lipinski definition) is 2. The molecule has 19 heavy (non-hydrogen) atoms. The molecule has 1 aromatic heterocycles. The Hall–Kier alpha value is -1.54. The number of aromatic nitrogens is 1. The third-order valence-electron chi connectivity index (χ3n) is 3.78. The Balaban J connectivity index is 2.05. The second-order valence-electron chi connectivity index (χ2n) is 5.10. The number of alkyl halides is 1. The van der Waals surface area contributed by atoms with Crippen molar-refractivity contribution >= 4 is 23.1 Å². The first-order valence-corrected chi connectivity index (χ1v) is 7.14. The molecular formula is C16H17ClN2. The van der Waals surface area contributed by atoms with Crippen molar-refractivity contribution in [1.29, 1.82) is 0 Å². The molecule has 98 valence electrons. The van der Waals surface area contributed by atoms with Gasteiger partial charge in [0.1, 0.15) is 5.82 Å². The van der Waals surface area contributed by atoms with E-state index in [1.165, 1.54) is 11.3 Å². The van der Waals surface area contributed by atoms with Gasteiger partial charge in [0.25, 0.3) is 0 Å². The highest BCUT2D eigenvalue weighted by Gasteiger charge is 2.27. The number of nitrogens with zero attached hydrogens (tertiary/aromatic N) is 2. The maximum atomic E-state index is 5.90. The van der Waals surface area contributed by atoms with Crippen molar-refractivity contribution in [1.82, 2.24) is 4.98 Å². The third-order valence-corrected chi connectivity index (χ3v) is 4.07. The molecule has 0 amide bonds. The molecule has 1 unspecified atom stereocenters. The molecular weight excluding hydrogens is 256 g/mol. The second-order valence-corrected chi connectivity index (χ2v) is 5.37. The number of para-hydroxylation sites is 1. The van der Waals surface area contributed by atoms with Crippen LogP contribution in [-0.4, -0.2) is 11.0 Å². The predicted octanol–water partition coefficient (Wildman–Crippen LogP) is 4.21. The van der Waals surface area contributed by atoms with Crippen LogP contribution >= 0.6 is 11.6 Å². The lowest BCUT2D eigenvalue weighted by atomic mass is 10.1. The number of fused-ring (bicyclic) bond motifs is 1. The molecule has 2 nitrogen and oxygen atoms in total. The van der Waals surface area contributed by atoms with Gasteiger partial charge in [0.15, 0.2) is 0 Å². The van der Waals surface area contributed by atoms with Gasteiger partial charge in [-0.3, -0.25) is 0 Å². The van der Waals surface area contributed by atoms with Crippen molar-refractivity contribution in [2.24, 2.45) is 0 Å². The fraction of sp³-hybridized carbons (Fsp3) is 0.312. The Morgan fingerprint density at radius 3 is 2.79 bits per heavy atom. The van der Waals surface area contributed by atoms with Crippen LogP contribution in [0.15, 0.2) is 36.4 Å². The van der Waals surface area contributed by atoms with Crippen LogP contribution in [0, 0.1) is 6.92 Å². The van der Waals surface area contributed by atoms with E-state index in [1.807, 2.05) is 6.92 Å². The molecule has 0 spiro atoms. The van der Waals surface area contributed by atoms with Gasteiger partial charge in [-0.2, -0.15) is 0 Å². The largest absolute Gasteiger partial charge is 0.323 e. The van der Waals surface area contributed by atoms with Gasteiger partial charge < -0.3 is 4.90 Å². The smallest absolute Gasteiger partial charge is 0.133 e. The Labute approximate surface area is 119 Å². The molecule has 1 atom stereocenters. The predicted molar refractivity (Wildman–Crippen MR) is 80.3 cm³/mol. The van der Waals surface area contributed by atoms with Crippen molar-refractivity contribution in [3.63, 3.8) is 0 Å². The summed E-state index contributed by atoms with van der Waals surface area (Å²) in [6, 6.07) is 13.2. The summed E-state index contributed by atoms with van der Waals surface area (Å²) in [5, 5.41) is 0. The minimum Gasteiger partial charge on any atom is -0.323 e. The van der Waals surface area contributed by atoms with E-state index in [2.05, 4.69) is 48.2 Å². The summed E-state index contributed by atoms with van der Waals surface area (Å²) >= 11 is 5.90. The van der Waals surface area contributed by atoms with Gasteiger partial charge in [-0.25, -0.2) is 4.98 Å². The molecule has 0 radical (unpaired) electrons. The number of anilines is 2. The summed E-state index contributed by atoms with van der Waals surface area (Å²) in [5.41, 5.74) is 4.80. The van der Waals surface area contributed by atoms with Crippen molar-refractivity contribution < 1.29 is 0 Å². The molecule has 0 saturated heterocycles. The molecule has 0 aliphatic carbocycles. The van der Waals surface area contributed by atoms with Gasteiger partial charge in [0.2, 0.25) is 0 Å². The SMILES string of the molecule is Cc1nc(N2c3ccccc3CC2C)ccc1CCl. The number of aryl methyl sites for hydroxylation is 1. The Morgan fingerprint density at radius 1 is 1.26 bits per heavy atom. The van der Waals surface area contributed by atoms with Crippen molar-refractivity contribution in [2.45, 2.75) is 32.2 Å². The number of pyridine rings is 1. The summed E-state index contributed by atoms with van der Waals surface area (Å²) in [7, 11) is 0. The molecule has 1 aliphatic heterocycles. The number of benzene rings is 1. The van der Waals surface area contributed by atoms with Crippen LogP contribution < -0.4 is 4.90 Å². The standard InChI is InChI=1S/C16H17ClN2/c1-11-9-13-5-3-4-6-15(13)19(11)16-8-7-14(10-17)12(2)18-16/h3-8,11H,9-10H2,1-2H3. The first-order chi connectivity index (χ1) is 9.20. The number of halogens is 1. The Bertz CT molecular complexity index is 609. The lowest BCUT2D eigenvalue weighted by Gasteiger charge is -2.24. The molecule has 3 heteroatoms. The van der Waals surface area contributed by atoms with E-state index in [0.717, 1.165) is 23.5 Å². The average Bonchev–Trinajstić information content (AvgIpc) is 2.74. The van der Waals surface area contributed by atoms with Crippen LogP contribution in [0.1, 0.15) is 23.7 Å². The summed E-state index contributed by atoms with van der Waals surface area (Å²) in [6.07, 6.45) is 1.08. The van der Waals surface area contributed by atoms with Crippen molar-refractivity contribution in [2.75, 3.05) is 4.90 Å². The van der Waals surface area contributed by atoms with Gasteiger partial charge in [0.05, 0.1) is 0 Å². The summed E-state index contributed by atoms with van der Waals surface area (Å²) in [5.74, 6) is 1.54. The monoisotopic (exact) mass is 272 g/mol. The highest BCUT2D eigenvalue weighted by atomic mass is 35.5. The summed E-state index contributed by atoms with van der Waals surface area (Å²) in [6.45, 7) is 4.26. The molecule has 2 aromatic rings. The highest BCUT2D eigenvalue weighted by Crippen LogP contribution is 2.37. The lowest BCUT2D eigenvalue weighted by molar-refractivity contribution is 0.749. The van der Waals surface area contributed by atoms with E-state index in [9.17, 15) is 0 Å². The molecule has 0 N–H and O–H groups in total. The van der Waals surface area contributed by atoms with Crippen molar-refractivity contribution in [3.05, 3.63) is 53.2 Å². The Kier molecular flexibility index (Phi) is 3.19. The molecule has 2 heterocycles. The van der Waals surface area contributed by atoms with Crippen molar-refractivity contribution in [3.8, 4) is 0 Å².